The standard InChI is InChI=1S/C17H24BrN3/c1-2-19-16(21-11-5-6-12-21)20-13-17(9-10-17)14-7-3-4-8-15(14)18/h3-4,7-8H,2,5-6,9-13H2,1H3,(H,19,20). The lowest BCUT2D eigenvalue weighted by Crippen LogP contribution is -2.40. The van der Waals surface area contributed by atoms with Gasteiger partial charge in [-0.3, -0.25) is 4.99 Å². The van der Waals surface area contributed by atoms with Crippen molar-refractivity contribution in [3.8, 4) is 0 Å². The topological polar surface area (TPSA) is 27.6 Å². The number of hydrogen-bond donors (Lipinski definition) is 1. The molecule has 21 heavy (non-hydrogen) atoms. The molecule has 4 heteroatoms. The van der Waals surface area contributed by atoms with Crippen molar-refractivity contribution in [2.24, 2.45) is 4.99 Å². The third-order valence-electron chi connectivity index (χ3n) is 4.57. The minimum atomic E-state index is 0.264. The lowest BCUT2D eigenvalue weighted by atomic mass is 9.96. The first-order valence-corrected chi connectivity index (χ1v) is 8.83. The van der Waals surface area contributed by atoms with Gasteiger partial charge < -0.3 is 10.2 Å². The lowest BCUT2D eigenvalue weighted by Gasteiger charge is -2.22. The van der Waals surface area contributed by atoms with Crippen LogP contribution in [0.15, 0.2) is 33.7 Å². The quantitative estimate of drug-likeness (QED) is 0.664. The molecule has 3 rings (SSSR count). The molecule has 0 atom stereocenters. The van der Waals surface area contributed by atoms with Crippen LogP contribution >= 0.6 is 15.9 Å². The summed E-state index contributed by atoms with van der Waals surface area (Å²) in [7, 11) is 0. The van der Waals surface area contributed by atoms with Gasteiger partial charge in [0, 0.05) is 29.5 Å². The van der Waals surface area contributed by atoms with Crippen LogP contribution in [0.2, 0.25) is 0 Å². The van der Waals surface area contributed by atoms with E-state index in [1.807, 2.05) is 0 Å². The number of halogens is 1. The van der Waals surface area contributed by atoms with Crippen LogP contribution < -0.4 is 5.32 Å². The maximum atomic E-state index is 4.96. The van der Waals surface area contributed by atoms with Crippen molar-refractivity contribution in [3.05, 3.63) is 34.3 Å². The summed E-state index contributed by atoms with van der Waals surface area (Å²) in [5.41, 5.74) is 1.69. The van der Waals surface area contributed by atoms with E-state index in [9.17, 15) is 0 Å². The molecule has 1 heterocycles. The Morgan fingerprint density at radius 1 is 1.29 bits per heavy atom. The Morgan fingerprint density at radius 2 is 2.00 bits per heavy atom. The fourth-order valence-electron chi connectivity index (χ4n) is 3.14. The summed E-state index contributed by atoms with van der Waals surface area (Å²) in [6.45, 7) is 6.28. The Kier molecular flexibility index (Phi) is 4.53. The molecule has 1 saturated carbocycles. The van der Waals surface area contributed by atoms with Gasteiger partial charge in [-0.15, -0.1) is 0 Å². The molecule has 1 saturated heterocycles. The number of nitrogens with one attached hydrogen (secondary N) is 1. The molecule has 2 fully saturated rings. The van der Waals surface area contributed by atoms with Crippen molar-refractivity contribution in [2.45, 2.75) is 38.0 Å². The average molecular weight is 350 g/mol. The minimum Gasteiger partial charge on any atom is -0.357 e. The summed E-state index contributed by atoms with van der Waals surface area (Å²) >= 11 is 3.70. The third kappa shape index (κ3) is 3.25. The van der Waals surface area contributed by atoms with Gasteiger partial charge in [-0.1, -0.05) is 34.1 Å². The first-order chi connectivity index (χ1) is 10.2. The molecular formula is C17H24BrN3. The molecule has 0 radical (unpaired) electrons. The van der Waals surface area contributed by atoms with Crippen molar-refractivity contribution in [1.29, 1.82) is 0 Å². The SMILES string of the molecule is CCNC(=NCC1(c2ccccc2Br)CC1)N1CCCC1. The monoisotopic (exact) mass is 349 g/mol. The van der Waals surface area contributed by atoms with Crippen LogP contribution in [0.5, 0.6) is 0 Å². The lowest BCUT2D eigenvalue weighted by molar-refractivity contribution is 0.491. The molecule has 1 aliphatic carbocycles. The number of likely N-dealkylation sites (tertiary alicyclic amines) is 1. The van der Waals surface area contributed by atoms with Crippen molar-refractivity contribution in [1.82, 2.24) is 10.2 Å². The molecule has 1 aromatic carbocycles. The van der Waals surface area contributed by atoms with Gasteiger partial charge in [0.1, 0.15) is 0 Å². The number of rotatable bonds is 4. The number of aliphatic imine (C=N–C) groups is 1. The van der Waals surface area contributed by atoms with E-state index in [1.165, 1.54) is 35.7 Å². The van der Waals surface area contributed by atoms with Crippen LogP contribution in [0.1, 0.15) is 38.2 Å². The highest BCUT2D eigenvalue weighted by molar-refractivity contribution is 9.10. The van der Waals surface area contributed by atoms with E-state index in [4.69, 9.17) is 4.99 Å². The second-order valence-electron chi connectivity index (χ2n) is 6.12. The van der Waals surface area contributed by atoms with Crippen LogP contribution in [0.4, 0.5) is 0 Å². The summed E-state index contributed by atoms with van der Waals surface area (Å²) in [6.07, 6.45) is 5.08. The highest BCUT2D eigenvalue weighted by Crippen LogP contribution is 2.50. The van der Waals surface area contributed by atoms with Crippen LogP contribution in [0, 0.1) is 0 Å². The molecule has 0 amide bonds. The Labute approximate surface area is 136 Å². The Morgan fingerprint density at radius 3 is 2.62 bits per heavy atom. The van der Waals surface area contributed by atoms with Gasteiger partial charge in [0.2, 0.25) is 0 Å². The van der Waals surface area contributed by atoms with E-state index in [-0.39, 0.29) is 5.41 Å². The number of guanidine groups is 1. The molecule has 114 valence electrons. The fourth-order valence-corrected chi connectivity index (χ4v) is 3.84. The second-order valence-corrected chi connectivity index (χ2v) is 6.98. The molecular weight excluding hydrogens is 326 g/mol. The van der Waals surface area contributed by atoms with Crippen molar-refractivity contribution in [2.75, 3.05) is 26.2 Å². The Bertz CT molecular complexity index is 517. The van der Waals surface area contributed by atoms with Crippen LogP contribution in [0.3, 0.4) is 0 Å². The molecule has 0 aromatic heterocycles. The summed E-state index contributed by atoms with van der Waals surface area (Å²) < 4.78 is 1.23. The van der Waals surface area contributed by atoms with Gasteiger partial charge >= 0.3 is 0 Å². The van der Waals surface area contributed by atoms with E-state index >= 15 is 0 Å². The highest BCUT2D eigenvalue weighted by Gasteiger charge is 2.45. The van der Waals surface area contributed by atoms with Crippen molar-refractivity contribution < 1.29 is 0 Å². The summed E-state index contributed by atoms with van der Waals surface area (Å²) in [6, 6.07) is 8.61. The zero-order valence-corrected chi connectivity index (χ0v) is 14.3. The number of benzene rings is 1. The van der Waals surface area contributed by atoms with Gasteiger partial charge in [-0.2, -0.15) is 0 Å². The molecule has 1 N–H and O–H groups in total. The number of hydrogen-bond acceptors (Lipinski definition) is 1. The Hall–Kier alpha value is -1.03. The van der Waals surface area contributed by atoms with E-state index in [0.717, 1.165) is 32.1 Å². The van der Waals surface area contributed by atoms with Crippen LogP contribution in [-0.4, -0.2) is 37.0 Å². The Balaban J connectivity index is 1.75. The highest BCUT2D eigenvalue weighted by atomic mass is 79.9. The maximum Gasteiger partial charge on any atom is 0.193 e. The summed E-state index contributed by atoms with van der Waals surface area (Å²) in [4.78, 5) is 7.36. The predicted molar refractivity (Wildman–Crippen MR) is 91.8 cm³/mol. The predicted octanol–water partition coefficient (Wildman–Crippen LogP) is 3.54. The zero-order chi connectivity index (χ0) is 14.7. The largest absolute Gasteiger partial charge is 0.357 e. The first kappa shape index (κ1) is 14.9. The van der Waals surface area contributed by atoms with Gasteiger partial charge in [0.05, 0.1) is 6.54 Å². The molecule has 0 spiro atoms. The van der Waals surface area contributed by atoms with Gasteiger partial charge in [-0.05, 0) is 44.2 Å². The van der Waals surface area contributed by atoms with Crippen molar-refractivity contribution in [3.63, 3.8) is 0 Å². The van der Waals surface area contributed by atoms with E-state index in [2.05, 4.69) is 57.3 Å². The summed E-state index contributed by atoms with van der Waals surface area (Å²) in [5, 5.41) is 3.46. The normalized spacial score (nSPS) is 20.7. The smallest absolute Gasteiger partial charge is 0.193 e. The van der Waals surface area contributed by atoms with Crippen LogP contribution in [-0.2, 0) is 5.41 Å². The summed E-state index contributed by atoms with van der Waals surface area (Å²) in [5.74, 6) is 1.10. The van der Waals surface area contributed by atoms with Crippen molar-refractivity contribution >= 4 is 21.9 Å². The molecule has 3 nitrogen and oxygen atoms in total. The van der Waals surface area contributed by atoms with Crippen LogP contribution in [0.25, 0.3) is 0 Å². The van der Waals surface area contributed by atoms with E-state index < -0.39 is 0 Å². The average Bonchev–Trinajstić information content (AvgIpc) is 3.08. The van der Waals surface area contributed by atoms with E-state index in [1.54, 1.807) is 0 Å². The maximum absolute atomic E-state index is 4.96. The molecule has 2 aliphatic rings. The molecule has 0 bridgehead atoms. The molecule has 0 unspecified atom stereocenters. The third-order valence-corrected chi connectivity index (χ3v) is 5.26. The molecule has 1 aromatic rings. The van der Waals surface area contributed by atoms with Gasteiger partial charge in [-0.25, -0.2) is 0 Å². The number of nitrogens with zero attached hydrogens (tertiary/aromatic N) is 2. The fraction of sp³-hybridized carbons (Fsp3) is 0.588. The first-order valence-electron chi connectivity index (χ1n) is 8.03. The molecule has 1 aliphatic heterocycles. The van der Waals surface area contributed by atoms with Gasteiger partial charge in [0.25, 0.3) is 0 Å². The second kappa shape index (κ2) is 6.39. The van der Waals surface area contributed by atoms with Gasteiger partial charge in [0.15, 0.2) is 5.96 Å². The van der Waals surface area contributed by atoms with E-state index in [0.29, 0.717) is 0 Å². The zero-order valence-electron chi connectivity index (χ0n) is 12.7. The minimum absolute atomic E-state index is 0.264.